The van der Waals surface area contributed by atoms with Gasteiger partial charge in [0, 0.05) is 18.7 Å². The Hall–Kier alpha value is -3.56. The Kier molecular flexibility index (Phi) is 5.21. The number of nitrogens with one attached hydrogen (secondary N) is 2. The third-order valence-electron chi connectivity index (χ3n) is 3.82. The average Bonchev–Trinajstić information content (AvgIpc) is 2.62. The van der Waals surface area contributed by atoms with Crippen LogP contribution in [-0.2, 0) is 11.3 Å². The van der Waals surface area contributed by atoms with Crippen LogP contribution >= 0.6 is 0 Å². The van der Waals surface area contributed by atoms with Crippen molar-refractivity contribution in [2.45, 2.75) is 19.3 Å². The fourth-order valence-corrected chi connectivity index (χ4v) is 2.58. The molecule has 3 aromatic rings. The van der Waals surface area contributed by atoms with Gasteiger partial charge in [-0.2, -0.15) is 0 Å². The summed E-state index contributed by atoms with van der Waals surface area (Å²) in [6, 6.07) is 11.1. The van der Waals surface area contributed by atoms with Crippen molar-refractivity contribution < 1.29 is 22.7 Å². The molecular formula is C18H14F3N3O4. The monoisotopic (exact) mass is 393 g/mol. The molecule has 7 nitrogen and oxygen atoms in total. The van der Waals surface area contributed by atoms with Crippen molar-refractivity contribution in [3.63, 3.8) is 0 Å². The average molecular weight is 393 g/mol. The number of ether oxygens (including phenoxy) is 1. The summed E-state index contributed by atoms with van der Waals surface area (Å²) in [7, 11) is 0. The minimum absolute atomic E-state index is 0.153. The minimum atomic E-state index is -4.80. The number of aromatic nitrogens is 2. The normalized spacial score (nSPS) is 11.4. The van der Waals surface area contributed by atoms with E-state index in [1.54, 1.807) is 24.3 Å². The number of rotatable bonds is 5. The Bertz CT molecular complexity index is 1120. The minimum Gasteiger partial charge on any atom is -0.406 e. The van der Waals surface area contributed by atoms with Gasteiger partial charge >= 0.3 is 12.1 Å². The van der Waals surface area contributed by atoms with Crippen molar-refractivity contribution in [3.05, 3.63) is 69.4 Å². The summed E-state index contributed by atoms with van der Waals surface area (Å²) in [5.41, 5.74) is -0.496. The second-order valence-electron chi connectivity index (χ2n) is 5.80. The number of amides is 1. The van der Waals surface area contributed by atoms with Crippen LogP contribution in [0.1, 0.15) is 6.42 Å². The fourth-order valence-electron chi connectivity index (χ4n) is 2.58. The van der Waals surface area contributed by atoms with E-state index in [1.165, 1.54) is 12.1 Å². The molecule has 28 heavy (non-hydrogen) atoms. The Balaban J connectivity index is 1.66. The number of carbonyl (C=O) groups is 1. The molecule has 2 aromatic carbocycles. The molecule has 0 saturated carbocycles. The van der Waals surface area contributed by atoms with Gasteiger partial charge in [0.2, 0.25) is 5.91 Å². The molecule has 10 heteroatoms. The number of para-hydroxylation sites is 1. The summed E-state index contributed by atoms with van der Waals surface area (Å²) in [6.45, 7) is -0.153. The Morgan fingerprint density at radius 1 is 1.07 bits per heavy atom. The lowest BCUT2D eigenvalue weighted by Crippen LogP contribution is -2.36. The number of anilines is 1. The van der Waals surface area contributed by atoms with Crippen LogP contribution in [0.2, 0.25) is 0 Å². The number of alkyl halides is 3. The van der Waals surface area contributed by atoms with Gasteiger partial charge in [-0.1, -0.05) is 12.1 Å². The summed E-state index contributed by atoms with van der Waals surface area (Å²) in [6.07, 6.45) is -4.98. The van der Waals surface area contributed by atoms with E-state index in [4.69, 9.17) is 0 Å². The number of benzene rings is 2. The van der Waals surface area contributed by atoms with Crippen LogP contribution in [0, 0.1) is 0 Å². The fraction of sp³-hybridized carbons (Fsp3) is 0.167. The number of hydrogen-bond donors (Lipinski definition) is 2. The second-order valence-corrected chi connectivity index (χ2v) is 5.80. The zero-order valence-corrected chi connectivity index (χ0v) is 14.2. The number of halogens is 3. The molecule has 1 amide bonds. The van der Waals surface area contributed by atoms with Crippen LogP contribution in [0.25, 0.3) is 10.9 Å². The smallest absolute Gasteiger partial charge is 0.406 e. The third-order valence-corrected chi connectivity index (χ3v) is 3.82. The summed E-state index contributed by atoms with van der Waals surface area (Å²) < 4.78 is 41.0. The number of nitrogens with zero attached hydrogens (tertiary/aromatic N) is 1. The van der Waals surface area contributed by atoms with E-state index in [-0.39, 0.29) is 18.7 Å². The quantitative estimate of drug-likeness (QED) is 0.697. The van der Waals surface area contributed by atoms with Crippen molar-refractivity contribution in [1.29, 1.82) is 0 Å². The Morgan fingerprint density at radius 3 is 2.43 bits per heavy atom. The van der Waals surface area contributed by atoms with Crippen molar-refractivity contribution in [2.75, 3.05) is 5.32 Å². The van der Waals surface area contributed by atoms with Gasteiger partial charge in [-0.25, -0.2) is 4.79 Å². The van der Waals surface area contributed by atoms with E-state index in [1.807, 2.05) is 0 Å². The lowest BCUT2D eigenvalue weighted by Gasteiger charge is -2.10. The van der Waals surface area contributed by atoms with Crippen molar-refractivity contribution in [3.8, 4) is 5.75 Å². The summed E-state index contributed by atoms with van der Waals surface area (Å²) >= 11 is 0. The summed E-state index contributed by atoms with van der Waals surface area (Å²) in [4.78, 5) is 39.0. The molecule has 0 radical (unpaired) electrons. The highest BCUT2D eigenvalue weighted by molar-refractivity contribution is 5.90. The topological polar surface area (TPSA) is 93.2 Å². The molecule has 1 aromatic heterocycles. The number of aromatic amines is 1. The highest BCUT2D eigenvalue weighted by atomic mass is 19.4. The maximum Gasteiger partial charge on any atom is 0.573 e. The largest absolute Gasteiger partial charge is 0.573 e. The van der Waals surface area contributed by atoms with Gasteiger partial charge in [0.25, 0.3) is 5.56 Å². The molecule has 0 atom stereocenters. The Labute approximate surface area is 155 Å². The molecule has 0 bridgehead atoms. The predicted octanol–water partition coefficient (Wildman–Crippen LogP) is 2.62. The van der Waals surface area contributed by atoms with Crippen molar-refractivity contribution in [2.24, 2.45) is 0 Å². The van der Waals surface area contributed by atoms with Crippen LogP contribution < -0.4 is 21.3 Å². The third kappa shape index (κ3) is 4.58. The molecule has 0 unspecified atom stereocenters. The summed E-state index contributed by atoms with van der Waals surface area (Å²) in [5.74, 6) is -0.927. The maximum atomic E-state index is 12.4. The van der Waals surface area contributed by atoms with Gasteiger partial charge in [0.15, 0.2) is 0 Å². The first-order valence-corrected chi connectivity index (χ1v) is 8.10. The highest BCUT2D eigenvalue weighted by Crippen LogP contribution is 2.23. The standard InChI is InChI=1S/C18H14F3N3O4/c19-18(20,21)28-12-7-5-11(6-8-12)22-15(25)9-10-24-16(26)13-3-1-2-4-14(13)23-17(24)27/h1-8H,9-10H2,(H,22,25)(H,23,27). The molecule has 0 saturated heterocycles. The molecule has 0 fully saturated rings. The molecule has 146 valence electrons. The van der Waals surface area contributed by atoms with E-state index in [2.05, 4.69) is 15.0 Å². The van der Waals surface area contributed by atoms with Gasteiger partial charge in [-0.05, 0) is 36.4 Å². The zero-order valence-electron chi connectivity index (χ0n) is 14.2. The first-order chi connectivity index (χ1) is 13.2. The zero-order chi connectivity index (χ0) is 20.3. The molecule has 3 rings (SSSR count). The maximum absolute atomic E-state index is 12.4. The van der Waals surface area contributed by atoms with Gasteiger partial charge in [-0.15, -0.1) is 13.2 Å². The van der Waals surface area contributed by atoms with Crippen LogP contribution in [-0.4, -0.2) is 21.8 Å². The van der Waals surface area contributed by atoms with E-state index in [0.29, 0.717) is 10.9 Å². The number of hydrogen-bond acceptors (Lipinski definition) is 4. The molecule has 2 N–H and O–H groups in total. The molecule has 0 spiro atoms. The molecule has 0 aliphatic heterocycles. The SMILES string of the molecule is O=C(CCn1c(=O)[nH]c2ccccc2c1=O)Nc1ccc(OC(F)(F)F)cc1. The van der Waals surface area contributed by atoms with Gasteiger partial charge < -0.3 is 15.0 Å². The number of H-pyrrole nitrogens is 1. The molecular weight excluding hydrogens is 379 g/mol. The van der Waals surface area contributed by atoms with Gasteiger partial charge in [-0.3, -0.25) is 14.2 Å². The first-order valence-electron chi connectivity index (χ1n) is 8.10. The Morgan fingerprint density at radius 2 is 1.75 bits per heavy atom. The summed E-state index contributed by atoms with van der Waals surface area (Å²) in [5, 5.41) is 2.80. The second kappa shape index (κ2) is 7.59. The molecule has 0 aliphatic rings. The van der Waals surface area contributed by atoms with Crippen LogP contribution in [0.3, 0.4) is 0 Å². The van der Waals surface area contributed by atoms with Crippen molar-refractivity contribution >= 4 is 22.5 Å². The van der Waals surface area contributed by atoms with Crippen molar-refractivity contribution in [1.82, 2.24) is 9.55 Å². The number of fused-ring (bicyclic) bond motifs is 1. The van der Waals surface area contributed by atoms with E-state index < -0.39 is 29.3 Å². The lowest BCUT2D eigenvalue weighted by molar-refractivity contribution is -0.274. The van der Waals surface area contributed by atoms with E-state index >= 15 is 0 Å². The lowest BCUT2D eigenvalue weighted by atomic mass is 10.2. The molecule has 1 heterocycles. The predicted molar refractivity (Wildman–Crippen MR) is 95.2 cm³/mol. The van der Waals surface area contributed by atoms with E-state index in [0.717, 1.165) is 16.7 Å². The van der Waals surface area contributed by atoms with Crippen LogP contribution in [0.5, 0.6) is 5.75 Å². The van der Waals surface area contributed by atoms with Crippen LogP contribution in [0.15, 0.2) is 58.1 Å². The highest BCUT2D eigenvalue weighted by Gasteiger charge is 2.30. The van der Waals surface area contributed by atoms with Gasteiger partial charge in [0.1, 0.15) is 5.75 Å². The molecule has 0 aliphatic carbocycles. The first kappa shape index (κ1) is 19.2. The van der Waals surface area contributed by atoms with Crippen LogP contribution in [0.4, 0.5) is 18.9 Å². The number of carbonyl (C=O) groups excluding carboxylic acids is 1. The van der Waals surface area contributed by atoms with E-state index in [9.17, 15) is 27.6 Å². The van der Waals surface area contributed by atoms with Gasteiger partial charge in [0.05, 0.1) is 10.9 Å².